The number of fused-ring (bicyclic) bond motifs is 6. The van der Waals surface area contributed by atoms with Gasteiger partial charge in [-0.05, 0) is 67.4 Å². The minimum atomic E-state index is -2.03. The summed E-state index contributed by atoms with van der Waals surface area (Å²) in [6.07, 6.45) is 4.99. The number of carbonyl (C=O) groups is 2. The summed E-state index contributed by atoms with van der Waals surface area (Å²) in [7, 11) is 0. The van der Waals surface area contributed by atoms with Crippen LogP contribution in [0.1, 0.15) is 58.7 Å². The lowest BCUT2D eigenvalue weighted by Gasteiger charge is -2.62. The highest BCUT2D eigenvalue weighted by atomic mass is 19.1. The number of aliphatic hydroxyl groups excluding tert-OH is 1. The first kappa shape index (κ1) is 27.1. The topological polar surface area (TPSA) is 102 Å². The zero-order valence-electron chi connectivity index (χ0n) is 23.6. The zero-order valence-corrected chi connectivity index (χ0v) is 23.6. The molecule has 0 unspecified atom stereocenters. The van der Waals surface area contributed by atoms with Crippen molar-refractivity contribution in [3.8, 4) is 5.69 Å². The summed E-state index contributed by atoms with van der Waals surface area (Å²) < 4.78 is 24.8. The minimum Gasteiger partial charge on any atom is -0.458 e. The van der Waals surface area contributed by atoms with Gasteiger partial charge < -0.3 is 14.9 Å². The molecule has 1 aromatic heterocycles. The van der Waals surface area contributed by atoms with Crippen LogP contribution < -0.4 is 0 Å². The number of alkyl halides is 1. The van der Waals surface area contributed by atoms with Crippen LogP contribution in [0.2, 0.25) is 0 Å². The highest BCUT2D eigenvalue weighted by Crippen LogP contribution is 2.70. The van der Waals surface area contributed by atoms with Gasteiger partial charge in [0.15, 0.2) is 12.3 Å². The molecule has 4 aliphatic rings. The maximum atomic E-state index is 18.0. The molecule has 0 radical (unpaired) electrons. The molecule has 0 saturated heterocycles. The maximum Gasteiger partial charge on any atom is 0.303 e. The first-order chi connectivity index (χ1) is 18.8. The molecule has 0 amide bonds. The molecule has 0 aliphatic heterocycles. The number of ketones is 1. The summed E-state index contributed by atoms with van der Waals surface area (Å²) in [6.45, 7) is 8.12. The molecule has 40 heavy (non-hydrogen) atoms. The normalized spacial score (nSPS) is 39.7. The van der Waals surface area contributed by atoms with Gasteiger partial charge in [-0.3, -0.25) is 9.59 Å². The van der Waals surface area contributed by atoms with E-state index in [2.05, 4.69) is 5.10 Å². The Hall–Kier alpha value is -3.10. The number of halogens is 1. The number of benzene rings is 1. The number of carbonyl (C=O) groups excluding carboxylic acids is 2. The SMILES string of the molecule is CC(=O)OCC(=O)[C@]1(O)[C@@H](C)C[C@H]2[C@@H]3C=C(C)C4=Cc5c(cnn5-c5ccccc5)C[C@]4(C)[C@]3(F)[C@H](O)C[C@@]21C. The second-order valence-corrected chi connectivity index (χ2v) is 12.9. The molecular weight excluding hydrogens is 511 g/mol. The van der Waals surface area contributed by atoms with Gasteiger partial charge in [-0.2, -0.15) is 5.10 Å². The van der Waals surface area contributed by atoms with Crippen molar-refractivity contribution in [1.82, 2.24) is 9.78 Å². The van der Waals surface area contributed by atoms with Crippen molar-refractivity contribution in [1.29, 1.82) is 0 Å². The van der Waals surface area contributed by atoms with Gasteiger partial charge in [0.25, 0.3) is 0 Å². The van der Waals surface area contributed by atoms with Gasteiger partial charge in [0, 0.05) is 23.7 Å². The van der Waals surface area contributed by atoms with Crippen LogP contribution in [0.15, 0.2) is 53.8 Å². The smallest absolute Gasteiger partial charge is 0.303 e. The van der Waals surface area contributed by atoms with E-state index in [1.165, 1.54) is 6.92 Å². The van der Waals surface area contributed by atoms with Crippen LogP contribution in [0.5, 0.6) is 0 Å². The third-order valence-electron chi connectivity index (χ3n) is 10.9. The highest BCUT2D eigenvalue weighted by Gasteiger charge is 2.75. The van der Waals surface area contributed by atoms with E-state index in [1.807, 2.05) is 61.0 Å². The molecule has 6 rings (SSSR count). The van der Waals surface area contributed by atoms with Crippen LogP contribution >= 0.6 is 0 Å². The molecule has 0 spiro atoms. The van der Waals surface area contributed by atoms with E-state index in [1.54, 1.807) is 20.0 Å². The minimum absolute atomic E-state index is 0.0801. The van der Waals surface area contributed by atoms with Crippen LogP contribution in [0.3, 0.4) is 0 Å². The number of nitrogens with zero attached hydrogens (tertiary/aromatic N) is 2. The molecule has 2 N–H and O–H groups in total. The molecular formula is C32H37FN2O5. The van der Waals surface area contributed by atoms with E-state index >= 15 is 4.39 Å². The fourth-order valence-corrected chi connectivity index (χ4v) is 8.89. The third kappa shape index (κ3) is 3.26. The van der Waals surface area contributed by atoms with Crippen LogP contribution in [0.4, 0.5) is 4.39 Å². The van der Waals surface area contributed by atoms with Crippen LogP contribution in [-0.2, 0) is 20.7 Å². The molecule has 1 aromatic carbocycles. The van der Waals surface area contributed by atoms with Crippen molar-refractivity contribution in [2.24, 2.45) is 28.6 Å². The van der Waals surface area contributed by atoms with E-state index in [-0.39, 0.29) is 6.42 Å². The summed E-state index contributed by atoms with van der Waals surface area (Å²) >= 11 is 0. The molecule has 7 nitrogen and oxygen atoms in total. The Bertz CT molecular complexity index is 1460. The van der Waals surface area contributed by atoms with Crippen molar-refractivity contribution in [3.05, 3.63) is 65.0 Å². The lowest BCUT2D eigenvalue weighted by Crippen LogP contribution is -2.69. The van der Waals surface area contributed by atoms with Crippen molar-refractivity contribution in [2.45, 2.75) is 71.3 Å². The molecule has 2 fully saturated rings. The molecule has 8 heteroatoms. The van der Waals surface area contributed by atoms with Gasteiger partial charge >= 0.3 is 5.97 Å². The molecule has 0 bridgehead atoms. The number of ether oxygens (including phenoxy) is 1. The second kappa shape index (κ2) is 8.70. The standard InChI is InChI=1S/C32H37FN2O5/c1-18-11-25-24-12-19(2)32(39,28(38)17-40-20(3)36)30(24,5)15-27(37)31(25,33)29(4)14-21-16-34-35(26(21)13-23(18)29)22-9-7-6-8-10-22/h6-11,13,16,19,24-25,27,37,39H,12,14-15,17H2,1-5H3/t19-,24-,25-,27+,29-,30-,31+,32+/m0/s1. The summed E-state index contributed by atoms with van der Waals surface area (Å²) in [5.74, 6) is -2.82. The molecule has 2 saturated carbocycles. The Kier molecular flexibility index (Phi) is 5.89. The Morgan fingerprint density at radius 1 is 1.23 bits per heavy atom. The van der Waals surface area contributed by atoms with Crippen molar-refractivity contribution in [3.63, 3.8) is 0 Å². The van der Waals surface area contributed by atoms with Crippen LogP contribution in [-0.4, -0.2) is 55.7 Å². The molecule has 2 aromatic rings. The van der Waals surface area contributed by atoms with Gasteiger partial charge in [-0.1, -0.05) is 50.6 Å². The van der Waals surface area contributed by atoms with E-state index in [0.717, 1.165) is 28.1 Å². The Balaban J connectivity index is 1.45. The summed E-state index contributed by atoms with van der Waals surface area (Å²) in [5.41, 5.74) is -1.53. The number of hydrogen-bond acceptors (Lipinski definition) is 6. The number of Topliss-reactive ketones (excluding diaryl/α,β-unsaturated/α-hetero) is 1. The quantitative estimate of drug-likeness (QED) is 0.550. The summed E-state index contributed by atoms with van der Waals surface area (Å²) in [5, 5.41) is 28.4. The number of esters is 1. The van der Waals surface area contributed by atoms with Crippen molar-refractivity contribution < 1.29 is 28.9 Å². The number of hydrogen-bond donors (Lipinski definition) is 2. The second-order valence-electron chi connectivity index (χ2n) is 12.9. The molecule has 4 aliphatic carbocycles. The van der Waals surface area contributed by atoms with Gasteiger partial charge in [-0.15, -0.1) is 0 Å². The first-order valence-electron chi connectivity index (χ1n) is 14.1. The lowest BCUT2D eigenvalue weighted by atomic mass is 9.44. The number of rotatable bonds is 4. The van der Waals surface area contributed by atoms with Gasteiger partial charge in [-0.25, -0.2) is 9.07 Å². The molecule has 8 atom stereocenters. The summed E-state index contributed by atoms with van der Waals surface area (Å²) in [4.78, 5) is 24.8. The van der Waals surface area contributed by atoms with Crippen molar-refractivity contribution >= 4 is 17.8 Å². The van der Waals surface area contributed by atoms with E-state index in [0.29, 0.717) is 12.8 Å². The Morgan fingerprint density at radius 2 is 1.93 bits per heavy atom. The van der Waals surface area contributed by atoms with Gasteiger partial charge in [0.05, 0.1) is 23.7 Å². The van der Waals surface area contributed by atoms with E-state index in [4.69, 9.17) is 4.74 Å². The number of allylic oxidation sites excluding steroid dienone is 3. The highest BCUT2D eigenvalue weighted by molar-refractivity contribution is 5.91. The summed E-state index contributed by atoms with van der Waals surface area (Å²) in [6, 6.07) is 9.81. The van der Waals surface area contributed by atoms with E-state index < -0.39 is 64.3 Å². The average molecular weight is 549 g/mol. The first-order valence-corrected chi connectivity index (χ1v) is 14.1. The van der Waals surface area contributed by atoms with Gasteiger partial charge in [0.2, 0.25) is 5.78 Å². The average Bonchev–Trinajstić information content (AvgIpc) is 3.40. The van der Waals surface area contributed by atoms with Crippen LogP contribution in [0, 0.1) is 28.6 Å². The fraction of sp³-hybridized carbons (Fsp3) is 0.531. The lowest BCUT2D eigenvalue weighted by molar-refractivity contribution is -0.212. The number of aromatic nitrogens is 2. The Morgan fingerprint density at radius 3 is 2.60 bits per heavy atom. The molecule has 1 heterocycles. The van der Waals surface area contributed by atoms with Gasteiger partial charge in [0.1, 0.15) is 5.60 Å². The Labute approximate surface area is 233 Å². The monoisotopic (exact) mass is 548 g/mol. The number of aliphatic hydroxyl groups is 2. The molecule has 212 valence electrons. The number of para-hydroxylation sites is 1. The van der Waals surface area contributed by atoms with E-state index in [9.17, 15) is 19.8 Å². The fourth-order valence-electron chi connectivity index (χ4n) is 8.89. The van der Waals surface area contributed by atoms with Crippen LogP contribution in [0.25, 0.3) is 11.8 Å². The largest absolute Gasteiger partial charge is 0.458 e. The maximum absolute atomic E-state index is 18.0. The third-order valence-corrected chi connectivity index (χ3v) is 10.9. The predicted molar refractivity (Wildman–Crippen MR) is 147 cm³/mol. The predicted octanol–water partition coefficient (Wildman–Crippen LogP) is 4.39. The van der Waals surface area contributed by atoms with Crippen molar-refractivity contribution in [2.75, 3.05) is 6.61 Å². The zero-order chi connectivity index (χ0) is 28.8.